The fraction of sp³-hybridized carbons (Fsp3) is 0.667. The maximum atomic E-state index is 12.8. The van der Waals surface area contributed by atoms with Gasteiger partial charge in [0.05, 0.1) is 17.8 Å². The highest BCUT2D eigenvalue weighted by Crippen LogP contribution is 2.21. The Morgan fingerprint density at radius 2 is 2.27 bits per heavy atom. The van der Waals surface area contributed by atoms with Crippen LogP contribution in [0.15, 0.2) is 6.07 Å². The second-order valence-corrected chi connectivity index (χ2v) is 6.16. The Morgan fingerprint density at radius 3 is 2.95 bits per heavy atom. The summed E-state index contributed by atoms with van der Waals surface area (Å²) in [6.07, 6.45) is -0.107. The molecule has 3 rings (SSSR count). The number of rotatable bonds is 3. The molecular weight excluding hydrogens is 284 g/mol. The van der Waals surface area contributed by atoms with Gasteiger partial charge in [-0.2, -0.15) is 5.10 Å². The number of aromatic nitrogens is 2. The van der Waals surface area contributed by atoms with Gasteiger partial charge in [0.15, 0.2) is 0 Å². The van der Waals surface area contributed by atoms with E-state index in [0.29, 0.717) is 25.3 Å². The second-order valence-electron chi connectivity index (χ2n) is 6.16. The largest absolute Gasteiger partial charge is 0.364 e. The standard InChI is InChI=1S/C15H22N4O3/c1-4-19-12(5-10(17-19)9(2)3)15(21)18-6-11-13(7-18)22-8-14(20)16-11/h5,9,11,13H,4,6-8H2,1-3H3,(H,16,20)/t11-,13-/m0/s1. The third kappa shape index (κ3) is 2.61. The molecular formula is C15H22N4O3. The summed E-state index contributed by atoms with van der Waals surface area (Å²) in [5.41, 5.74) is 1.53. The Kier molecular flexibility index (Phi) is 3.90. The topological polar surface area (TPSA) is 76.5 Å². The van der Waals surface area contributed by atoms with Crippen molar-refractivity contribution in [3.8, 4) is 0 Å². The predicted molar refractivity (Wildman–Crippen MR) is 79.6 cm³/mol. The first kappa shape index (κ1) is 15.0. The second kappa shape index (κ2) is 5.72. The lowest BCUT2D eigenvalue weighted by atomic mass is 10.1. The molecule has 7 nitrogen and oxygen atoms in total. The van der Waals surface area contributed by atoms with Crippen molar-refractivity contribution >= 4 is 11.8 Å². The van der Waals surface area contributed by atoms with Crippen molar-refractivity contribution in [1.82, 2.24) is 20.0 Å². The molecule has 0 aromatic carbocycles. The SMILES string of the molecule is CCn1nc(C(C)C)cc1C(=O)N1C[C@@H]2NC(=O)CO[C@H]2C1. The molecule has 2 amide bonds. The number of likely N-dealkylation sites (tertiary alicyclic amines) is 1. The number of nitrogens with zero attached hydrogens (tertiary/aromatic N) is 3. The lowest BCUT2D eigenvalue weighted by molar-refractivity contribution is -0.134. The van der Waals surface area contributed by atoms with Gasteiger partial charge in [-0.25, -0.2) is 0 Å². The molecule has 2 fully saturated rings. The van der Waals surface area contributed by atoms with Gasteiger partial charge in [-0.05, 0) is 18.9 Å². The van der Waals surface area contributed by atoms with E-state index in [1.54, 1.807) is 9.58 Å². The lowest BCUT2D eigenvalue weighted by Crippen LogP contribution is -2.50. The number of nitrogens with one attached hydrogen (secondary N) is 1. The number of ether oxygens (including phenoxy) is 1. The molecule has 0 saturated carbocycles. The van der Waals surface area contributed by atoms with Crippen LogP contribution < -0.4 is 5.32 Å². The van der Waals surface area contributed by atoms with Crippen LogP contribution in [0.25, 0.3) is 0 Å². The number of fused-ring (bicyclic) bond motifs is 1. The molecule has 1 aromatic heterocycles. The predicted octanol–water partition coefficient (Wildman–Crippen LogP) is 0.366. The summed E-state index contributed by atoms with van der Waals surface area (Å²) >= 11 is 0. The Balaban J connectivity index is 1.78. The van der Waals surface area contributed by atoms with Crippen LogP contribution in [0.4, 0.5) is 0 Å². The average molecular weight is 306 g/mol. The maximum Gasteiger partial charge on any atom is 0.272 e. The number of hydrogen-bond acceptors (Lipinski definition) is 4. The van der Waals surface area contributed by atoms with Crippen molar-refractivity contribution in [1.29, 1.82) is 0 Å². The van der Waals surface area contributed by atoms with Crippen molar-refractivity contribution in [3.63, 3.8) is 0 Å². The monoisotopic (exact) mass is 306 g/mol. The van der Waals surface area contributed by atoms with Crippen molar-refractivity contribution in [3.05, 3.63) is 17.5 Å². The fourth-order valence-electron chi connectivity index (χ4n) is 2.97. The smallest absolute Gasteiger partial charge is 0.272 e. The molecule has 1 aromatic rings. The minimum atomic E-state index is -0.115. The summed E-state index contributed by atoms with van der Waals surface area (Å²) in [5, 5.41) is 7.38. The molecule has 0 unspecified atom stereocenters. The molecule has 0 radical (unpaired) electrons. The van der Waals surface area contributed by atoms with Crippen molar-refractivity contribution in [2.75, 3.05) is 19.7 Å². The number of amides is 2. The van der Waals surface area contributed by atoms with Gasteiger partial charge in [0.1, 0.15) is 12.3 Å². The molecule has 0 aliphatic carbocycles. The normalized spacial score (nSPS) is 24.5. The molecule has 3 heterocycles. The molecule has 120 valence electrons. The van der Waals surface area contributed by atoms with Crippen LogP contribution in [-0.4, -0.2) is 58.3 Å². The number of carbonyl (C=O) groups excluding carboxylic acids is 2. The molecule has 22 heavy (non-hydrogen) atoms. The van der Waals surface area contributed by atoms with E-state index < -0.39 is 0 Å². The quantitative estimate of drug-likeness (QED) is 0.875. The summed E-state index contributed by atoms with van der Waals surface area (Å²) in [6.45, 7) is 7.82. The third-order valence-corrected chi connectivity index (χ3v) is 4.24. The van der Waals surface area contributed by atoms with Gasteiger partial charge in [-0.15, -0.1) is 0 Å². The molecule has 2 atom stereocenters. The minimum absolute atomic E-state index is 0.0477. The van der Waals surface area contributed by atoms with Crippen LogP contribution in [0.3, 0.4) is 0 Å². The van der Waals surface area contributed by atoms with Gasteiger partial charge in [0, 0.05) is 19.6 Å². The summed E-state index contributed by atoms with van der Waals surface area (Å²) in [7, 11) is 0. The van der Waals surface area contributed by atoms with Gasteiger partial charge in [-0.3, -0.25) is 14.3 Å². The first-order chi connectivity index (χ1) is 10.5. The van der Waals surface area contributed by atoms with Crippen LogP contribution >= 0.6 is 0 Å². The van der Waals surface area contributed by atoms with Gasteiger partial charge in [0.25, 0.3) is 5.91 Å². The number of aryl methyl sites for hydroxylation is 1. The van der Waals surface area contributed by atoms with Crippen LogP contribution in [0, 0.1) is 0 Å². The molecule has 0 spiro atoms. The van der Waals surface area contributed by atoms with E-state index in [0.717, 1.165) is 5.69 Å². The van der Waals surface area contributed by atoms with Gasteiger partial charge in [-0.1, -0.05) is 13.8 Å². The van der Waals surface area contributed by atoms with Gasteiger partial charge in [0.2, 0.25) is 5.91 Å². The van der Waals surface area contributed by atoms with E-state index in [9.17, 15) is 9.59 Å². The van der Waals surface area contributed by atoms with Gasteiger partial charge >= 0.3 is 0 Å². The molecule has 2 aliphatic rings. The fourth-order valence-corrected chi connectivity index (χ4v) is 2.97. The zero-order valence-corrected chi connectivity index (χ0v) is 13.2. The number of morpholine rings is 1. The third-order valence-electron chi connectivity index (χ3n) is 4.24. The molecule has 7 heteroatoms. The molecule has 2 saturated heterocycles. The van der Waals surface area contributed by atoms with Gasteiger partial charge < -0.3 is 15.0 Å². The molecule has 2 aliphatic heterocycles. The highest BCUT2D eigenvalue weighted by molar-refractivity contribution is 5.93. The minimum Gasteiger partial charge on any atom is -0.364 e. The first-order valence-electron chi connectivity index (χ1n) is 7.77. The summed E-state index contributed by atoms with van der Waals surface area (Å²) in [5.74, 6) is 0.118. The summed E-state index contributed by atoms with van der Waals surface area (Å²) in [4.78, 5) is 25.9. The Morgan fingerprint density at radius 1 is 1.50 bits per heavy atom. The highest BCUT2D eigenvalue weighted by atomic mass is 16.5. The highest BCUT2D eigenvalue weighted by Gasteiger charge is 2.40. The van der Waals surface area contributed by atoms with Crippen molar-refractivity contribution < 1.29 is 14.3 Å². The van der Waals surface area contributed by atoms with E-state index in [2.05, 4.69) is 24.3 Å². The molecule has 1 N–H and O–H groups in total. The summed E-state index contributed by atoms with van der Waals surface area (Å²) in [6, 6.07) is 1.77. The van der Waals surface area contributed by atoms with E-state index in [-0.39, 0.29) is 36.5 Å². The number of carbonyl (C=O) groups is 2. The molecule has 0 bridgehead atoms. The van der Waals surface area contributed by atoms with Crippen LogP contribution in [0.1, 0.15) is 42.9 Å². The van der Waals surface area contributed by atoms with E-state index in [4.69, 9.17) is 4.74 Å². The van der Waals surface area contributed by atoms with E-state index >= 15 is 0 Å². The Hall–Kier alpha value is -1.89. The van der Waals surface area contributed by atoms with E-state index in [1.165, 1.54) is 0 Å². The van der Waals surface area contributed by atoms with E-state index in [1.807, 2.05) is 13.0 Å². The van der Waals surface area contributed by atoms with Crippen molar-refractivity contribution in [2.45, 2.75) is 45.4 Å². The lowest BCUT2D eigenvalue weighted by Gasteiger charge is -2.24. The van der Waals surface area contributed by atoms with Crippen molar-refractivity contribution in [2.24, 2.45) is 0 Å². The van der Waals surface area contributed by atoms with Crippen LogP contribution in [0.2, 0.25) is 0 Å². The Bertz CT molecular complexity index is 596. The summed E-state index contributed by atoms with van der Waals surface area (Å²) < 4.78 is 7.25. The maximum absolute atomic E-state index is 12.8. The zero-order chi connectivity index (χ0) is 15.9. The Labute approximate surface area is 129 Å². The van der Waals surface area contributed by atoms with Crippen LogP contribution in [0.5, 0.6) is 0 Å². The van der Waals surface area contributed by atoms with Crippen LogP contribution in [-0.2, 0) is 16.1 Å². The average Bonchev–Trinajstić information content (AvgIpc) is 3.09. The first-order valence-corrected chi connectivity index (χ1v) is 7.77. The zero-order valence-electron chi connectivity index (χ0n) is 13.2. The number of hydrogen-bond donors (Lipinski definition) is 1.